The zero-order valence-corrected chi connectivity index (χ0v) is 13.9. The van der Waals surface area contributed by atoms with E-state index in [9.17, 15) is 0 Å². The molecule has 1 atom stereocenters. The van der Waals surface area contributed by atoms with Gasteiger partial charge in [0.2, 0.25) is 0 Å². The SMILES string of the molecule is CCNC(CCN(C)CCCCCO)c1cccc(C)c1. The van der Waals surface area contributed by atoms with Crippen LogP contribution in [0.15, 0.2) is 24.3 Å². The van der Waals surface area contributed by atoms with Crippen molar-refractivity contribution in [1.82, 2.24) is 10.2 Å². The average Bonchev–Trinajstić information content (AvgIpc) is 2.48. The molecule has 120 valence electrons. The first-order chi connectivity index (χ1) is 10.2. The highest BCUT2D eigenvalue weighted by atomic mass is 16.2. The minimum atomic E-state index is 0.319. The van der Waals surface area contributed by atoms with Crippen LogP contribution < -0.4 is 5.32 Å². The Labute approximate surface area is 130 Å². The van der Waals surface area contributed by atoms with Gasteiger partial charge in [0.25, 0.3) is 0 Å². The Hall–Kier alpha value is -0.900. The van der Waals surface area contributed by atoms with Gasteiger partial charge in [-0.2, -0.15) is 0 Å². The van der Waals surface area contributed by atoms with Crippen molar-refractivity contribution in [2.24, 2.45) is 0 Å². The fourth-order valence-corrected chi connectivity index (χ4v) is 2.65. The van der Waals surface area contributed by atoms with E-state index in [4.69, 9.17) is 5.11 Å². The van der Waals surface area contributed by atoms with Crippen LogP contribution >= 0.6 is 0 Å². The first kappa shape index (κ1) is 18.1. The van der Waals surface area contributed by atoms with Crippen LogP contribution in [0.2, 0.25) is 0 Å². The Morgan fingerprint density at radius 3 is 2.67 bits per heavy atom. The second kappa shape index (κ2) is 10.8. The van der Waals surface area contributed by atoms with Gasteiger partial charge >= 0.3 is 0 Å². The summed E-state index contributed by atoms with van der Waals surface area (Å²) >= 11 is 0. The summed E-state index contributed by atoms with van der Waals surface area (Å²) in [5.74, 6) is 0. The number of nitrogens with zero attached hydrogens (tertiary/aromatic N) is 1. The van der Waals surface area contributed by atoms with Crippen molar-refractivity contribution in [3.8, 4) is 0 Å². The third kappa shape index (κ3) is 7.60. The van der Waals surface area contributed by atoms with Gasteiger partial charge in [-0.1, -0.05) is 36.8 Å². The molecule has 0 aliphatic heterocycles. The average molecular weight is 292 g/mol. The maximum absolute atomic E-state index is 8.79. The summed E-state index contributed by atoms with van der Waals surface area (Å²) in [4.78, 5) is 2.40. The Bertz CT molecular complexity index is 381. The Morgan fingerprint density at radius 2 is 2.00 bits per heavy atom. The molecule has 1 aromatic carbocycles. The molecule has 0 radical (unpaired) electrons. The maximum Gasteiger partial charge on any atom is 0.0431 e. The summed E-state index contributed by atoms with van der Waals surface area (Å²) in [6.45, 7) is 7.86. The van der Waals surface area contributed by atoms with E-state index in [-0.39, 0.29) is 0 Å². The summed E-state index contributed by atoms with van der Waals surface area (Å²) in [6.07, 6.45) is 4.35. The molecule has 0 aliphatic rings. The number of aliphatic hydroxyl groups is 1. The standard InChI is InChI=1S/C18H32N2O/c1-4-19-18(17-10-8-9-16(2)15-17)11-13-20(3)12-6-5-7-14-21/h8-10,15,18-19,21H,4-7,11-14H2,1-3H3. The predicted octanol–water partition coefficient (Wildman–Crippen LogP) is 3.13. The zero-order valence-electron chi connectivity index (χ0n) is 13.9. The van der Waals surface area contributed by atoms with Gasteiger partial charge in [-0.05, 0) is 64.9 Å². The fraction of sp³-hybridized carbons (Fsp3) is 0.667. The maximum atomic E-state index is 8.79. The highest BCUT2D eigenvalue weighted by Gasteiger charge is 2.11. The molecular formula is C18H32N2O. The third-order valence-electron chi connectivity index (χ3n) is 3.89. The minimum Gasteiger partial charge on any atom is -0.396 e. The van der Waals surface area contributed by atoms with Gasteiger partial charge in [0.05, 0.1) is 0 Å². The second-order valence-electron chi connectivity index (χ2n) is 5.90. The zero-order chi connectivity index (χ0) is 15.5. The molecule has 0 heterocycles. The van der Waals surface area contributed by atoms with Gasteiger partial charge in [0.15, 0.2) is 0 Å². The molecule has 0 amide bonds. The minimum absolute atomic E-state index is 0.319. The highest BCUT2D eigenvalue weighted by Crippen LogP contribution is 2.18. The smallest absolute Gasteiger partial charge is 0.0431 e. The Morgan fingerprint density at radius 1 is 1.19 bits per heavy atom. The molecule has 0 spiro atoms. The van der Waals surface area contributed by atoms with Crippen LogP contribution in [0.4, 0.5) is 0 Å². The molecule has 0 aromatic heterocycles. The van der Waals surface area contributed by atoms with Crippen LogP contribution in [0.1, 0.15) is 49.8 Å². The van der Waals surface area contributed by atoms with Gasteiger partial charge in [-0.25, -0.2) is 0 Å². The summed E-state index contributed by atoms with van der Waals surface area (Å²) in [5.41, 5.74) is 2.72. The number of nitrogens with one attached hydrogen (secondary N) is 1. The van der Waals surface area contributed by atoms with Crippen LogP contribution in [-0.2, 0) is 0 Å². The van der Waals surface area contributed by atoms with E-state index >= 15 is 0 Å². The van der Waals surface area contributed by atoms with Crippen molar-refractivity contribution in [3.63, 3.8) is 0 Å². The summed E-state index contributed by atoms with van der Waals surface area (Å²) < 4.78 is 0. The van der Waals surface area contributed by atoms with Gasteiger partial charge in [0.1, 0.15) is 0 Å². The molecule has 2 N–H and O–H groups in total. The molecule has 0 saturated heterocycles. The van der Waals surface area contributed by atoms with E-state index in [2.05, 4.69) is 55.4 Å². The molecule has 0 aliphatic carbocycles. The quantitative estimate of drug-likeness (QED) is 0.615. The lowest BCUT2D eigenvalue weighted by molar-refractivity contribution is 0.268. The van der Waals surface area contributed by atoms with Crippen molar-refractivity contribution in [2.45, 2.75) is 45.6 Å². The largest absolute Gasteiger partial charge is 0.396 e. The monoisotopic (exact) mass is 292 g/mol. The lowest BCUT2D eigenvalue weighted by Crippen LogP contribution is -2.28. The van der Waals surface area contributed by atoms with Crippen LogP contribution in [-0.4, -0.2) is 43.3 Å². The van der Waals surface area contributed by atoms with E-state index in [1.807, 2.05) is 0 Å². The van der Waals surface area contributed by atoms with Crippen LogP contribution in [0.5, 0.6) is 0 Å². The van der Waals surface area contributed by atoms with Crippen molar-refractivity contribution in [2.75, 3.05) is 33.3 Å². The number of aliphatic hydroxyl groups excluding tert-OH is 1. The molecule has 0 saturated carbocycles. The van der Waals surface area contributed by atoms with E-state index in [1.165, 1.54) is 17.5 Å². The lowest BCUT2D eigenvalue weighted by atomic mass is 10.0. The number of hydrogen-bond acceptors (Lipinski definition) is 3. The molecule has 1 aromatic rings. The van der Waals surface area contributed by atoms with Gasteiger partial charge < -0.3 is 15.3 Å². The predicted molar refractivity (Wildman–Crippen MR) is 90.6 cm³/mol. The first-order valence-electron chi connectivity index (χ1n) is 8.26. The summed E-state index contributed by atoms with van der Waals surface area (Å²) in [6, 6.07) is 9.25. The molecule has 3 nitrogen and oxygen atoms in total. The van der Waals surface area contributed by atoms with Crippen LogP contribution in [0, 0.1) is 6.92 Å². The Balaban J connectivity index is 2.40. The number of hydrogen-bond donors (Lipinski definition) is 2. The molecule has 1 unspecified atom stereocenters. The second-order valence-corrected chi connectivity index (χ2v) is 5.90. The number of rotatable bonds is 11. The molecule has 1 rings (SSSR count). The number of unbranched alkanes of at least 4 members (excludes halogenated alkanes) is 2. The van der Waals surface area contributed by atoms with E-state index < -0.39 is 0 Å². The molecule has 0 fully saturated rings. The van der Waals surface area contributed by atoms with Crippen molar-refractivity contribution >= 4 is 0 Å². The number of benzene rings is 1. The molecule has 0 bridgehead atoms. The van der Waals surface area contributed by atoms with E-state index in [0.717, 1.165) is 38.9 Å². The van der Waals surface area contributed by atoms with E-state index in [1.54, 1.807) is 0 Å². The van der Waals surface area contributed by atoms with Crippen LogP contribution in [0.25, 0.3) is 0 Å². The fourth-order valence-electron chi connectivity index (χ4n) is 2.65. The molecule has 21 heavy (non-hydrogen) atoms. The van der Waals surface area contributed by atoms with E-state index in [0.29, 0.717) is 12.6 Å². The summed E-state index contributed by atoms with van der Waals surface area (Å²) in [7, 11) is 2.19. The molecular weight excluding hydrogens is 260 g/mol. The van der Waals surface area contributed by atoms with Gasteiger partial charge in [0, 0.05) is 12.6 Å². The third-order valence-corrected chi connectivity index (χ3v) is 3.89. The molecule has 3 heteroatoms. The van der Waals surface area contributed by atoms with Crippen LogP contribution in [0.3, 0.4) is 0 Å². The van der Waals surface area contributed by atoms with Crippen molar-refractivity contribution < 1.29 is 5.11 Å². The van der Waals surface area contributed by atoms with Gasteiger partial charge in [-0.15, -0.1) is 0 Å². The Kier molecular flexibility index (Phi) is 9.31. The lowest BCUT2D eigenvalue weighted by Gasteiger charge is -2.23. The summed E-state index contributed by atoms with van der Waals surface area (Å²) in [5, 5.41) is 12.4. The highest BCUT2D eigenvalue weighted by molar-refractivity contribution is 5.25. The first-order valence-corrected chi connectivity index (χ1v) is 8.26. The normalized spacial score (nSPS) is 12.8. The van der Waals surface area contributed by atoms with Crippen molar-refractivity contribution in [1.29, 1.82) is 0 Å². The number of aryl methyl sites for hydroxylation is 1. The van der Waals surface area contributed by atoms with Crippen molar-refractivity contribution in [3.05, 3.63) is 35.4 Å². The van der Waals surface area contributed by atoms with Gasteiger partial charge in [-0.3, -0.25) is 0 Å². The topological polar surface area (TPSA) is 35.5 Å².